The molecule has 0 aliphatic rings. The number of guanidine groups is 1. The fourth-order valence-corrected chi connectivity index (χ4v) is 2.40. The number of hydrogen-bond donors (Lipinski definition) is 1. The van der Waals surface area contributed by atoms with Gasteiger partial charge >= 0.3 is 6.18 Å². The van der Waals surface area contributed by atoms with Crippen LogP contribution < -0.4 is 5.32 Å². The Morgan fingerprint density at radius 3 is 2.55 bits per heavy atom. The maximum absolute atomic E-state index is 12.1. The highest BCUT2D eigenvalue weighted by atomic mass is 79.9. The minimum atomic E-state index is -4.07. The lowest BCUT2D eigenvalue weighted by atomic mass is 10.2. The molecule has 0 aliphatic heterocycles. The number of alkyl halides is 3. The minimum absolute atomic E-state index is 0.126. The second-order valence-electron chi connectivity index (χ2n) is 4.99. The van der Waals surface area contributed by atoms with Gasteiger partial charge in [0.15, 0.2) is 5.96 Å². The first-order chi connectivity index (χ1) is 10.3. The first kappa shape index (κ1) is 18.8. The van der Waals surface area contributed by atoms with E-state index in [-0.39, 0.29) is 6.42 Å². The van der Waals surface area contributed by atoms with Gasteiger partial charge in [-0.05, 0) is 24.5 Å². The molecule has 0 amide bonds. The van der Waals surface area contributed by atoms with Crippen LogP contribution in [0.15, 0.2) is 33.7 Å². The summed E-state index contributed by atoms with van der Waals surface area (Å²) in [5.74, 6) is 0.669. The first-order valence-corrected chi connectivity index (χ1v) is 7.84. The molecule has 1 N–H and O–H groups in total. The van der Waals surface area contributed by atoms with Crippen LogP contribution in [0, 0.1) is 0 Å². The molecule has 0 aromatic heterocycles. The van der Waals surface area contributed by atoms with Crippen molar-refractivity contribution in [3.63, 3.8) is 0 Å². The molecule has 3 nitrogen and oxygen atoms in total. The highest BCUT2D eigenvalue weighted by Crippen LogP contribution is 2.22. The molecule has 124 valence electrons. The summed E-state index contributed by atoms with van der Waals surface area (Å²) in [4.78, 5) is 6.09. The van der Waals surface area contributed by atoms with Crippen LogP contribution in [0.2, 0.25) is 0 Å². The van der Waals surface area contributed by atoms with Crippen molar-refractivity contribution in [2.45, 2.75) is 32.0 Å². The Bertz CT molecular complexity index is 489. The van der Waals surface area contributed by atoms with Crippen molar-refractivity contribution in [3.8, 4) is 0 Å². The molecule has 0 saturated carbocycles. The van der Waals surface area contributed by atoms with Gasteiger partial charge in [0.05, 0.1) is 0 Å². The van der Waals surface area contributed by atoms with Crippen LogP contribution in [0.25, 0.3) is 0 Å². The van der Waals surface area contributed by atoms with Crippen LogP contribution >= 0.6 is 15.9 Å². The molecule has 0 atom stereocenters. The Morgan fingerprint density at radius 1 is 1.27 bits per heavy atom. The van der Waals surface area contributed by atoms with Gasteiger partial charge < -0.3 is 10.2 Å². The van der Waals surface area contributed by atoms with Crippen LogP contribution in [-0.4, -0.2) is 37.7 Å². The fourth-order valence-electron chi connectivity index (χ4n) is 1.99. The van der Waals surface area contributed by atoms with Crippen molar-refractivity contribution >= 4 is 21.9 Å². The van der Waals surface area contributed by atoms with Crippen molar-refractivity contribution in [3.05, 3.63) is 34.3 Å². The van der Waals surface area contributed by atoms with E-state index in [1.54, 1.807) is 7.05 Å². The molecule has 0 fully saturated rings. The molecule has 1 rings (SSSR count). The predicted octanol–water partition coefficient (Wildman–Crippen LogP) is 4.19. The third-order valence-corrected chi connectivity index (χ3v) is 3.88. The summed E-state index contributed by atoms with van der Waals surface area (Å²) in [5, 5.41) is 3.09. The highest BCUT2D eigenvalue weighted by molar-refractivity contribution is 9.10. The average molecular weight is 380 g/mol. The minimum Gasteiger partial charge on any atom is -0.356 e. The lowest BCUT2D eigenvalue weighted by Crippen LogP contribution is -2.39. The largest absolute Gasteiger partial charge is 0.389 e. The van der Waals surface area contributed by atoms with Gasteiger partial charge in [-0.2, -0.15) is 13.2 Å². The van der Waals surface area contributed by atoms with E-state index in [0.717, 1.165) is 10.0 Å². The molecule has 22 heavy (non-hydrogen) atoms. The number of nitrogens with one attached hydrogen (secondary N) is 1. The van der Waals surface area contributed by atoms with Crippen molar-refractivity contribution in [2.75, 3.05) is 20.6 Å². The summed E-state index contributed by atoms with van der Waals surface area (Å²) >= 11 is 3.49. The zero-order chi connectivity index (χ0) is 16.6. The van der Waals surface area contributed by atoms with E-state index in [0.29, 0.717) is 25.5 Å². The van der Waals surface area contributed by atoms with Gasteiger partial charge in [-0.15, -0.1) is 0 Å². The summed E-state index contributed by atoms with van der Waals surface area (Å²) < 4.78 is 37.2. The van der Waals surface area contributed by atoms with Gasteiger partial charge in [-0.1, -0.05) is 34.1 Å². The summed E-state index contributed by atoms with van der Waals surface area (Å²) in [5.41, 5.74) is 1.12. The zero-order valence-corrected chi connectivity index (χ0v) is 14.3. The Hall–Kier alpha value is -1.24. The van der Waals surface area contributed by atoms with E-state index in [1.165, 1.54) is 0 Å². The molecular formula is C15H21BrF3N3. The summed E-state index contributed by atoms with van der Waals surface area (Å²) in [6, 6.07) is 7.89. The van der Waals surface area contributed by atoms with Crippen molar-refractivity contribution in [2.24, 2.45) is 4.99 Å². The first-order valence-electron chi connectivity index (χ1n) is 7.05. The van der Waals surface area contributed by atoms with E-state index in [4.69, 9.17) is 0 Å². The van der Waals surface area contributed by atoms with E-state index >= 15 is 0 Å². The smallest absolute Gasteiger partial charge is 0.356 e. The van der Waals surface area contributed by atoms with Crippen molar-refractivity contribution in [1.29, 1.82) is 0 Å². The second kappa shape index (κ2) is 9.02. The maximum atomic E-state index is 12.1. The third kappa shape index (κ3) is 7.15. The zero-order valence-electron chi connectivity index (χ0n) is 12.8. The number of halogens is 4. The van der Waals surface area contributed by atoms with Gasteiger partial charge in [0, 0.05) is 38.1 Å². The van der Waals surface area contributed by atoms with Crippen LogP contribution in [0.5, 0.6) is 0 Å². The Labute approximate surface area is 137 Å². The Balaban J connectivity index is 2.39. The van der Waals surface area contributed by atoms with E-state index in [9.17, 15) is 13.2 Å². The van der Waals surface area contributed by atoms with Gasteiger partial charge in [-0.3, -0.25) is 4.99 Å². The fraction of sp³-hybridized carbons (Fsp3) is 0.533. The Morgan fingerprint density at radius 2 is 1.95 bits per heavy atom. The molecule has 1 aromatic rings. The molecule has 0 aliphatic carbocycles. The number of hydrogen-bond acceptors (Lipinski definition) is 1. The molecule has 0 bridgehead atoms. The lowest BCUT2D eigenvalue weighted by Gasteiger charge is -2.22. The predicted molar refractivity (Wildman–Crippen MR) is 86.9 cm³/mol. The van der Waals surface area contributed by atoms with E-state index in [1.807, 2.05) is 36.2 Å². The van der Waals surface area contributed by atoms with Crippen LogP contribution in [0.3, 0.4) is 0 Å². The number of nitrogens with zero attached hydrogens (tertiary/aromatic N) is 2. The number of benzene rings is 1. The normalized spacial score (nSPS) is 12.4. The quantitative estimate of drug-likeness (QED) is 0.455. The van der Waals surface area contributed by atoms with Gasteiger partial charge in [0.1, 0.15) is 0 Å². The molecule has 7 heteroatoms. The van der Waals surface area contributed by atoms with Crippen LogP contribution in [-0.2, 0) is 6.54 Å². The third-order valence-electron chi connectivity index (χ3n) is 3.11. The monoisotopic (exact) mass is 379 g/mol. The summed E-state index contributed by atoms with van der Waals surface area (Å²) in [6.45, 7) is 1.13. The lowest BCUT2D eigenvalue weighted by molar-refractivity contribution is -0.135. The second-order valence-corrected chi connectivity index (χ2v) is 5.85. The average Bonchev–Trinajstić information content (AvgIpc) is 2.44. The molecule has 0 spiro atoms. The molecule has 0 saturated heterocycles. The van der Waals surface area contributed by atoms with Gasteiger partial charge in [-0.25, -0.2) is 0 Å². The topological polar surface area (TPSA) is 27.6 Å². The number of rotatable bonds is 6. The standard InChI is InChI=1S/C15H21BrF3N3/c1-20-14(21-10-6-5-9-15(17,18)19)22(2)11-12-7-3-4-8-13(12)16/h3-4,7-8H,5-6,9-11H2,1-2H3,(H,20,21). The van der Waals surface area contributed by atoms with E-state index in [2.05, 4.69) is 26.2 Å². The highest BCUT2D eigenvalue weighted by Gasteiger charge is 2.25. The van der Waals surface area contributed by atoms with Crippen molar-refractivity contribution < 1.29 is 13.2 Å². The molecule has 0 unspecified atom stereocenters. The van der Waals surface area contributed by atoms with Crippen molar-refractivity contribution in [1.82, 2.24) is 10.2 Å². The number of aliphatic imine (C=N–C) groups is 1. The van der Waals surface area contributed by atoms with Crippen LogP contribution in [0.4, 0.5) is 13.2 Å². The van der Waals surface area contributed by atoms with Gasteiger partial charge in [0.2, 0.25) is 0 Å². The maximum Gasteiger partial charge on any atom is 0.389 e. The van der Waals surface area contributed by atoms with Gasteiger partial charge in [0.25, 0.3) is 0 Å². The summed E-state index contributed by atoms with van der Waals surface area (Å²) in [6.07, 6.45) is -4.22. The molecular weight excluding hydrogens is 359 g/mol. The van der Waals surface area contributed by atoms with E-state index < -0.39 is 12.6 Å². The number of unbranched alkanes of at least 4 members (excludes halogenated alkanes) is 1. The summed E-state index contributed by atoms with van der Waals surface area (Å²) in [7, 11) is 3.55. The SMILES string of the molecule is CN=C(NCCCCC(F)(F)F)N(C)Cc1ccccc1Br. The Kier molecular flexibility index (Phi) is 7.72. The molecule has 1 aromatic carbocycles. The molecule has 0 heterocycles. The van der Waals surface area contributed by atoms with Crippen LogP contribution in [0.1, 0.15) is 24.8 Å². The molecule has 0 radical (unpaired) electrons.